The van der Waals surface area contributed by atoms with Crippen LogP contribution in [0.5, 0.6) is 0 Å². The van der Waals surface area contributed by atoms with Crippen LogP contribution in [0, 0.1) is 5.82 Å². The summed E-state index contributed by atoms with van der Waals surface area (Å²) < 4.78 is 13.0. The van der Waals surface area contributed by atoms with Gasteiger partial charge in [-0.2, -0.15) is 0 Å². The molecule has 1 atom stereocenters. The molecule has 24 heavy (non-hydrogen) atoms. The summed E-state index contributed by atoms with van der Waals surface area (Å²) in [6, 6.07) is 13.6. The zero-order chi connectivity index (χ0) is 17.5. The van der Waals surface area contributed by atoms with Gasteiger partial charge in [-0.15, -0.1) is 0 Å². The number of carbonyl (C=O) groups is 2. The third-order valence-electron chi connectivity index (χ3n) is 3.84. The second kappa shape index (κ2) is 8.24. The molecule has 0 unspecified atom stereocenters. The summed E-state index contributed by atoms with van der Waals surface area (Å²) >= 11 is 0. The number of hydrogen-bond donors (Lipinski definition) is 1. The molecule has 2 rings (SSSR count). The highest BCUT2D eigenvalue weighted by atomic mass is 19.1. The van der Waals surface area contributed by atoms with E-state index in [1.54, 1.807) is 17.0 Å². The molecule has 2 aromatic carbocycles. The standard InChI is InChI=1S/C19H21FN2O2/c1-3-22(4-2)19(24)17(14-8-6-5-7-9-14)21-18(23)15-10-12-16(20)13-11-15/h5-13,17H,3-4H2,1-2H3,(H,21,23)/t17-/m0/s1. The first kappa shape index (κ1) is 17.7. The summed E-state index contributed by atoms with van der Waals surface area (Å²) in [5.74, 6) is -0.989. The van der Waals surface area contributed by atoms with Crippen molar-refractivity contribution in [3.05, 3.63) is 71.5 Å². The highest BCUT2D eigenvalue weighted by molar-refractivity contribution is 5.97. The van der Waals surface area contributed by atoms with Crippen molar-refractivity contribution in [2.24, 2.45) is 0 Å². The average Bonchev–Trinajstić information content (AvgIpc) is 2.61. The number of likely N-dealkylation sites (N-methyl/N-ethyl adjacent to an activating group) is 1. The Balaban J connectivity index is 2.27. The Kier molecular flexibility index (Phi) is 6.07. The fraction of sp³-hybridized carbons (Fsp3) is 0.263. The number of hydrogen-bond acceptors (Lipinski definition) is 2. The zero-order valence-corrected chi connectivity index (χ0v) is 13.8. The molecule has 0 bridgehead atoms. The molecule has 0 fully saturated rings. The summed E-state index contributed by atoms with van der Waals surface area (Å²) in [6.45, 7) is 4.91. The Morgan fingerprint density at radius 3 is 2.12 bits per heavy atom. The molecule has 0 aliphatic rings. The molecular weight excluding hydrogens is 307 g/mol. The Morgan fingerprint density at radius 1 is 1.00 bits per heavy atom. The molecule has 2 amide bonds. The van der Waals surface area contributed by atoms with Crippen LogP contribution in [-0.4, -0.2) is 29.8 Å². The predicted octanol–water partition coefficient (Wildman–Crippen LogP) is 3.17. The van der Waals surface area contributed by atoms with Crippen LogP contribution in [0.2, 0.25) is 0 Å². The normalized spacial score (nSPS) is 11.6. The quantitative estimate of drug-likeness (QED) is 0.885. The van der Waals surface area contributed by atoms with E-state index in [1.807, 2.05) is 32.0 Å². The van der Waals surface area contributed by atoms with Crippen LogP contribution in [0.25, 0.3) is 0 Å². The van der Waals surface area contributed by atoms with Gasteiger partial charge in [0.25, 0.3) is 5.91 Å². The molecule has 1 N–H and O–H groups in total. The van der Waals surface area contributed by atoms with Gasteiger partial charge in [-0.3, -0.25) is 9.59 Å². The highest BCUT2D eigenvalue weighted by Gasteiger charge is 2.26. The Labute approximate surface area is 141 Å². The lowest BCUT2D eigenvalue weighted by molar-refractivity contribution is -0.133. The van der Waals surface area contributed by atoms with Gasteiger partial charge in [-0.1, -0.05) is 30.3 Å². The third-order valence-corrected chi connectivity index (χ3v) is 3.84. The van der Waals surface area contributed by atoms with E-state index in [0.29, 0.717) is 24.2 Å². The van der Waals surface area contributed by atoms with Gasteiger partial charge in [0.2, 0.25) is 5.91 Å². The summed E-state index contributed by atoms with van der Waals surface area (Å²) in [7, 11) is 0. The lowest BCUT2D eigenvalue weighted by Crippen LogP contribution is -2.42. The number of nitrogens with one attached hydrogen (secondary N) is 1. The highest BCUT2D eigenvalue weighted by Crippen LogP contribution is 2.17. The summed E-state index contributed by atoms with van der Waals surface area (Å²) in [5, 5.41) is 2.77. The molecule has 0 spiro atoms. The first-order valence-electron chi connectivity index (χ1n) is 7.97. The molecule has 0 heterocycles. The average molecular weight is 328 g/mol. The molecule has 0 saturated carbocycles. The first-order valence-corrected chi connectivity index (χ1v) is 7.97. The Bertz CT molecular complexity index is 682. The second-order valence-electron chi connectivity index (χ2n) is 5.33. The Morgan fingerprint density at radius 2 is 1.58 bits per heavy atom. The molecule has 0 aliphatic heterocycles. The van der Waals surface area contributed by atoms with Crippen molar-refractivity contribution in [2.75, 3.05) is 13.1 Å². The van der Waals surface area contributed by atoms with Crippen LogP contribution in [0.4, 0.5) is 4.39 Å². The van der Waals surface area contributed by atoms with Crippen LogP contribution < -0.4 is 5.32 Å². The maximum absolute atomic E-state index is 13.0. The van der Waals surface area contributed by atoms with Gasteiger partial charge in [-0.05, 0) is 43.7 Å². The van der Waals surface area contributed by atoms with E-state index in [0.717, 1.165) is 0 Å². The van der Waals surface area contributed by atoms with Crippen molar-refractivity contribution < 1.29 is 14.0 Å². The topological polar surface area (TPSA) is 49.4 Å². The maximum Gasteiger partial charge on any atom is 0.252 e. The van der Waals surface area contributed by atoms with Crippen molar-refractivity contribution in [3.8, 4) is 0 Å². The van der Waals surface area contributed by atoms with Crippen LogP contribution in [-0.2, 0) is 4.79 Å². The van der Waals surface area contributed by atoms with E-state index in [1.165, 1.54) is 24.3 Å². The number of nitrogens with zero attached hydrogens (tertiary/aromatic N) is 1. The molecule has 4 nitrogen and oxygen atoms in total. The van der Waals surface area contributed by atoms with Gasteiger partial charge in [0.05, 0.1) is 0 Å². The van der Waals surface area contributed by atoms with Gasteiger partial charge in [0.1, 0.15) is 11.9 Å². The van der Waals surface area contributed by atoms with Gasteiger partial charge < -0.3 is 10.2 Å². The van der Waals surface area contributed by atoms with E-state index < -0.39 is 17.8 Å². The summed E-state index contributed by atoms with van der Waals surface area (Å²) in [6.07, 6.45) is 0. The van der Waals surface area contributed by atoms with Gasteiger partial charge in [0.15, 0.2) is 0 Å². The number of carbonyl (C=O) groups excluding carboxylic acids is 2. The predicted molar refractivity (Wildman–Crippen MR) is 91.0 cm³/mol. The minimum absolute atomic E-state index is 0.165. The molecular formula is C19H21FN2O2. The molecule has 0 radical (unpaired) electrons. The molecule has 2 aromatic rings. The molecule has 5 heteroatoms. The summed E-state index contributed by atoms with van der Waals surface area (Å²) in [4.78, 5) is 26.9. The van der Waals surface area contributed by atoms with Gasteiger partial charge >= 0.3 is 0 Å². The first-order chi connectivity index (χ1) is 11.6. The van der Waals surface area contributed by atoms with Gasteiger partial charge in [-0.25, -0.2) is 4.39 Å². The smallest absolute Gasteiger partial charge is 0.252 e. The molecule has 0 saturated heterocycles. The van der Waals surface area contributed by atoms with E-state index in [-0.39, 0.29) is 5.91 Å². The maximum atomic E-state index is 13.0. The van der Waals surface area contributed by atoms with Crippen LogP contribution in [0.15, 0.2) is 54.6 Å². The van der Waals surface area contributed by atoms with Crippen LogP contribution in [0.3, 0.4) is 0 Å². The lowest BCUT2D eigenvalue weighted by atomic mass is 10.0. The van der Waals surface area contributed by atoms with Crippen molar-refractivity contribution in [2.45, 2.75) is 19.9 Å². The zero-order valence-electron chi connectivity index (χ0n) is 13.8. The lowest BCUT2D eigenvalue weighted by Gasteiger charge is -2.26. The number of halogens is 1. The fourth-order valence-corrected chi connectivity index (χ4v) is 2.47. The largest absolute Gasteiger partial charge is 0.341 e. The minimum atomic E-state index is -0.774. The molecule has 0 aliphatic carbocycles. The van der Waals surface area contributed by atoms with Crippen LogP contribution in [0.1, 0.15) is 35.8 Å². The number of rotatable bonds is 6. The number of amides is 2. The van der Waals surface area contributed by atoms with Crippen molar-refractivity contribution >= 4 is 11.8 Å². The van der Waals surface area contributed by atoms with Crippen molar-refractivity contribution in [3.63, 3.8) is 0 Å². The summed E-state index contributed by atoms with van der Waals surface area (Å²) in [5.41, 5.74) is 1.02. The monoisotopic (exact) mass is 328 g/mol. The van der Waals surface area contributed by atoms with Gasteiger partial charge in [0, 0.05) is 18.7 Å². The Hall–Kier alpha value is -2.69. The fourth-order valence-electron chi connectivity index (χ4n) is 2.47. The molecule has 0 aromatic heterocycles. The van der Waals surface area contributed by atoms with Crippen molar-refractivity contribution in [1.82, 2.24) is 10.2 Å². The minimum Gasteiger partial charge on any atom is -0.341 e. The second-order valence-corrected chi connectivity index (χ2v) is 5.33. The van der Waals surface area contributed by atoms with E-state index in [2.05, 4.69) is 5.32 Å². The van der Waals surface area contributed by atoms with E-state index in [9.17, 15) is 14.0 Å². The molecule has 126 valence electrons. The van der Waals surface area contributed by atoms with E-state index >= 15 is 0 Å². The SMILES string of the molecule is CCN(CC)C(=O)[C@@H](NC(=O)c1ccc(F)cc1)c1ccccc1. The van der Waals surface area contributed by atoms with Crippen molar-refractivity contribution in [1.29, 1.82) is 0 Å². The van der Waals surface area contributed by atoms with Crippen LogP contribution >= 0.6 is 0 Å². The van der Waals surface area contributed by atoms with E-state index in [4.69, 9.17) is 0 Å². The number of benzene rings is 2. The third kappa shape index (κ3) is 4.19.